The van der Waals surface area contributed by atoms with Gasteiger partial charge < -0.3 is 0 Å². The van der Waals surface area contributed by atoms with Gasteiger partial charge in [0.15, 0.2) is 0 Å². The number of hydrogen-bond donors (Lipinski definition) is 0. The van der Waals surface area contributed by atoms with Gasteiger partial charge in [0.05, 0.1) is 0 Å². The lowest BCUT2D eigenvalue weighted by molar-refractivity contribution is 1.10. The van der Waals surface area contributed by atoms with Gasteiger partial charge in [0.25, 0.3) is 0 Å². The third-order valence-corrected chi connectivity index (χ3v) is 1.71. The minimum atomic E-state index is 0.308. The quantitative estimate of drug-likeness (QED) is 0.562. The third-order valence-electron chi connectivity index (χ3n) is 0.855. The first-order chi connectivity index (χ1) is 3.72. The van der Waals surface area contributed by atoms with Crippen LogP contribution in [0.15, 0.2) is 10.1 Å². The molecule has 0 bridgehead atoms. The highest BCUT2D eigenvalue weighted by atomic mass is 35.5. The van der Waals surface area contributed by atoms with Gasteiger partial charge in [0.2, 0.25) is 0 Å². The summed E-state index contributed by atoms with van der Waals surface area (Å²) in [5, 5.41) is 0. The lowest BCUT2D eigenvalue weighted by Crippen LogP contribution is -1.80. The van der Waals surface area contributed by atoms with Crippen molar-refractivity contribution in [2.75, 3.05) is 5.88 Å². The van der Waals surface area contributed by atoms with Gasteiger partial charge in [0, 0.05) is 5.88 Å². The Morgan fingerprint density at radius 2 is 1.88 bits per heavy atom. The van der Waals surface area contributed by atoms with Gasteiger partial charge in [-0.05, 0) is 12.0 Å². The Morgan fingerprint density at radius 3 is 1.88 bits per heavy atom. The molecular weight excluding hydrogens is 166 g/mol. The van der Waals surface area contributed by atoms with Crippen molar-refractivity contribution in [3.8, 4) is 0 Å². The molecule has 0 heterocycles. The Bertz CT molecular complexity index is 85.8. The fourth-order valence-electron chi connectivity index (χ4n) is 0.279. The molecule has 0 aromatic heterocycles. The van der Waals surface area contributed by atoms with Crippen molar-refractivity contribution in [2.45, 2.75) is 13.3 Å². The molecule has 0 aromatic rings. The second-order valence-corrected chi connectivity index (χ2v) is 2.57. The summed E-state index contributed by atoms with van der Waals surface area (Å²) in [6.45, 7) is 1.96. The average Bonchev–Trinajstić information content (AvgIpc) is 1.69. The van der Waals surface area contributed by atoms with Crippen LogP contribution >= 0.6 is 34.8 Å². The van der Waals surface area contributed by atoms with Crippen molar-refractivity contribution in [1.82, 2.24) is 0 Å². The molecule has 0 aliphatic rings. The smallest absolute Gasteiger partial charge is 0.107 e. The highest BCUT2D eigenvalue weighted by molar-refractivity contribution is 6.56. The first-order valence-corrected chi connectivity index (χ1v) is 3.60. The van der Waals surface area contributed by atoms with Crippen LogP contribution in [0.4, 0.5) is 0 Å². The molecule has 0 atom stereocenters. The molecule has 0 unspecified atom stereocenters. The molecule has 0 nitrogen and oxygen atoms in total. The molecule has 0 fully saturated rings. The fraction of sp³-hybridized carbons (Fsp3) is 0.600. The predicted octanol–water partition coefficient (Wildman–Crippen LogP) is 3.32. The number of rotatable bonds is 2. The van der Waals surface area contributed by atoms with E-state index in [1.54, 1.807) is 0 Å². The largest absolute Gasteiger partial charge is 0.122 e. The minimum absolute atomic E-state index is 0.308. The van der Waals surface area contributed by atoms with E-state index in [2.05, 4.69) is 0 Å². The second kappa shape index (κ2) is 4.49. The number of allylic oxidation sites excluding steroid dienone is 1. The number of hydrogen-bond acceptors (Lipinski definition) is 0. The Morgan fingerprint density at radius 1 is 1.38 bits per heavy atom. The van der Waals surface area contributed by atoms with Crippen LogP contribution in [0.1, 0.15) is 13.3 Å². The van der Waals surface area contributed by atoms with E-state index >= 15 is 0 Å². The molecule has 0 saturated carbocycles. The molecule has 0 amide bonds. The van der Waals surface area contributed by atoms with Crippen LogP contribution in [0, 0.1) is 0 Å². The van der Waals surface area contributed by atoms with Crippen molar-refractivity contribution in [1.29, 1.82) is 0 Å². The van der Waals surface area contributed by atoms with E-state index in [1.165, 1.54) is 0 Å². The first-order valence-electron chi connectivity index (χ1n) is 2.31. The lowest BCUT2D eigenvalue weighted by Gasteiger charge is -1.95. The SMILES string of the molecule is CCC(CCl)=C(Cl)Cl. The van der Waals surface area contributed by atoms with E-state index in [9.17, 15) is 0 Å². The van der Waals surface area contributed by atoms with Gasteiger partial charge in [-0.1, -0.05) is 30.1 Å². The maximum absolute atomic E-state index is 5.44. The molecule has 0 saturated heterocycles. The number of alkyl halides is 1. The standard InChI is InChI=1S/C5H7Cl3/c1-2-4(3-6)5(7)8/h2-3H2,1H3. The zero-order chi connectivity index (χ0) is 6.57. The van der Waals surface area contributed by atoms with Gasteiger partial charge in [-0.3, -0.25) is 0 Å². The summed E-state index contributed by atoms with van der Waals surface area (Å²) < 4.78 is 0.308. The van der Waals surface area contributed by atoms with Gasteiger partial charge in [-0.25, -0.2) is 0 Å². The van der Waals surface area contributed by atoms with Gasteiger partial charge >= 0.3 is 0 Å². The number of halogens is 3. The molecule has 3 heteroatoms. The highest BCUT2D eigenvalue weighted by Gasteiger charge is 1.95. The van der Waals surface area contributed by atoms with Crippen LogP contribution in [0.2, 0.25) is 0 Å². The molecule has 0 aliphatic heterocycles. The zero-order valence-corrected chi connectivity index (χ0v) is 6.82. The highest BCUT2D eigenvalue weighted by Crippen LogP contribution is 2.17. The Balaban J connectivity index is 3.86. The summed E-state index contributed by atoms with van der Waals surface area (Å²) in [6.07, 6.45) is 0.825. The van der Waals surface area contributed by atoms with Crippen LogP contribution < -0.4 is 0 Å². The van der Waals surface area contributed by atoms with Crippen molar-refractivity contribution in [2.24, 2.45) is 0 Å². The maximum Gasteiger partial charge on any atom is 0.107 e. The van der Waals surface area contributed by atoms with Gasteiger partial charge in [0.1, 0.15) is 4.49 Å². The molecule has 48 valence electrons. The van der Waals surface area contributed by atoms with Crippen molar-refractivity contribution >= 4 is 34.8 Å². The summed E-state index contributed by atoms with van der Waals surface area (Å²) in [7, 11) is 0. The van der Waals surface area contributed by atoms with E-state index < -0.39 is 0 Å². The Hall–Kier alpha value is 0.610. The minimum Gasteiger partial charge on any atom is -0.122 e. The maximum atomic E-state index is 5.44. The predicted molar refractivity (Wildman–Crippen MR) is 39.7 cm³/mol. The van der Waals surface area contributed by atoms with Crippen molar-refractivity contribution in [3.05, 3.63) is 10.1 Å². The summed E-state index contributed by atoms with van der Waals surface area (Å²) in [5.41, 5.74) is 0.898. The summed E-state index contributed by atoms with van der Waals surface area (Å²) in [6, 6.07) is 0. The van der Waals surface area contributed by atoms with E-state index in [4.69, 9.17) is 34.8 Å². The first kappa shape index (κ1) is 8.61. The topological polar surface area (TPSA) is 0 Å². The van der Waals surface area contributed by atoms with Crippen LogP contribution in [0.5, 0.6) is 0 Å². The normalized spacial score (nSPS) is 9.00. The van der Waals surface area contributed by atoms with Gasteiger partial charge in [-0.2, -0.15) is 0 Å². The molecule has 0 N–H and O–H groups in total. The van der Waals surface area contributed by atoms with Crippen molar-refractivity contribution in [3.63, 3.8) is 0 Å². The van der Waals surface area contributed by atoms with Crippen LogP contribution in [0.25, 0.3) is 0 Å². The van der Waals surface area contributed by atoms with Gasteiger partial charge in [-0.15, -0.1) is 11.6 Å². The van der Waals surface area contributed by atoms with Crippen molar-refractivity contribution < 1.29 is 0 Å². The third kappa shape index (κ3) is 2.81. The van der Waals surface area contributed by atoms with Crippen LogP contribution in [-0.2, 0) is 0 Å². The lowest BCUT2D eigenvalue weighted by atomic mass is 10.3. The average molecular weight is 173 g/mol. The summed E-state index contributed by atoms with van der Waals surface area (Å²) in [4.78, 5) is 0. The molecule has 0 radical (unpaired) electrons. The zero-order valence-electron chi connectivity index (χ0n) is 4.55. The van der Waals surface area contributed by atoms with E-state index in [-0.39, 0.29) is 0 Å². The molecular formula is C5H7Cl3. The Labute approximate surface area is 64.4 Å². The molecule has 0 aliphatic carbocycles. The molecule has 0 rings (SSSR count). The summed E-state index contributed by atoms with van der Waals surface area (Å²) in [5.74, 6) is 0.429. The molecule has 8 heavy (non-hydrogen) atoms. The van der Waals surface area contributed by atoms with E-state index in [1.807, 2.05) is 6.92 Å². The van der Waals surface area contributed by atoms with E-state index in [0.29, 0.717) is 10.4 Å². The monoisotopic (exact) mass is 172 g/mol. The van der Waals surface area contributed by atoms with Crippen LogP contribution in [-0.4, -0.2) is 5.88 Å². The second-order valence-electron chi connectivity index (χ2n) is 1.35. The summed E-state index contributed by atoms with van der Waals surface area (Å²) >= 11 is 16.2. The molecule has 0 spiro atoms. The Kier molecular flexibility index (Phi) is 4.83. The van der Waals surface area contributed by atoms with Crippen LogP contribution in [0.3, 0.4) is 0 Å². The molecule has 0 aromatic carbocycles. The fourth-order valence-corrected chi connectivity index (χ4v) is 1.14. The van der Waals surface area contributed by atoms with E-state index in [0.717, 1.165) is 12.0 Å².